The van der Waals surface area contributed by atoms with E-state index in [9.17, 15) is 27.2 Å². The maximum absolute atomic E-state index is 13.9. The first-order valence-electron chi connectivity index (χ1n) is 11.4. The van der Waals surface area contributed by atoms with Gasteiger partial charge in [0.2, 0.25) is 11.9 Å². The molecule has 1 fully saturated rings. The Morgan fingerprint density at radius 1 is 1.03 bits per heavy atom. The van der Waals surface area contributed by atoms with Crippen LogP contribution in [0.5, 0.6) is 5.75 Å². The van der Waals surface area contributed by atoms with E-state index in [1.54, 1.807) is 0 Å². The third-order valence-corrected chi connectivity index (χ3v) is 5.65. The number of anilines is 2. The van der Waals surface area contributed by atoms with Crippen LogP contribution in [-0.4, -0.2) is 82.9 Å². The van der Waals surface area contributed by atoms with Gasteiger partial charge in [-0.1, -0.05) is 0 Å². The lowest BCUT2D eigenvalue weighted by molar-refractivity contribution is -0.274. The minimum Gasteiger partial charge on any atom is -0.404 e. The van der Waals surface area contributed by atoms with Gasteiger partial charge in [-0.3, -0.25) is 14.5 Å². The molecule has 0 spiro atoms. The highest BCUT2D eigenvalue weighted by atomic mass is 19.4. The van der Waals surface area contributed by atoms with E-state index < -0.39 is 29.9 Å². The molecule has 1 aromatic carbocycles. The van der Waals surface area contributed by atoms with E-state index in [0.717, 1.165) is 31.3 Å². The summed E-state index contributed by atoms with van der Waals surface area (Å²) in [6.45, 7) is 2.74. The molecule has 2 aromatic heterocycles. The highest BCUT2D eigenvalue weighted by Gasteiger charge is 2.32. The number of nitrogens with zero attached hydrogens (tertiary/aromatic N) is 5. The van der Waals surface area contributed by atoms with Crippen molar-refractivity contribution in [1.82, 2.24) is 25.0 Å². The minimum atomic E-state index is -5.01. The fourth-order valence-electron chi connectivity index (χ4n) is 3.69. The lowest BCUT2D eigenvalue weighted by atomic mass is 10.1. The molecule has 4 rings (SSSR count). The first-order chi connectivity index (χ1) is 18.1. The third kappa shape index (κ3) is 7.20. The minimum absolute atomic E-state index is 0.0133. The molecule has 38 heavy (non-hydrogen) atoms. The number of hydrogen-bond donors (Lipinski definition) is 2. The smallest absolute Gasteiger partial charge is 0.404 e. The van der Waals surface area contributed by atoms with Crippen LogP contribution in [0.2, 0.25) is 0 Å². The Bertz CT molecular complexity index is 1300. The van der Waals surface area contributed by atoms with Crippen LogP contribution in [0.4, 0.5) is 29.1 Å². The SMILES string of the molecule is CN1CCN(CC(=O)Nc2cc(C(=O)Nc3ccc(-c4cccnc4F)nn3)ccc2OC(F)(F)F)CC1. The van der Waals surface area contributed by atoms with Crippen LogP contribution in [0.25, 0.3) is 11.3 Å². The number of rotatable bonds is 7. The summed E-state index contributed by atoms with van der Waals surface area (Å²) in [6, 6.07) is 8.93. The van der Waals surface area contributed by atoms with Gasteiger partial charge in [0, 0.05) is 37.9 Å². The van der Waals surface area contributed by atoms with Crippen molar-refractivity contribution in [3.8, 4) is 17.0 Å². The fourth-order valence-corrected chi connectivity index (χ4v) is 3.69. The van der Waals surface area contributed by atoms with Crippen molar-refractivity contribution in [2.24, 2.45) is 0 Å². The van der Waals surface area contributed by atoms with Crippen LogP contribution in [0.15, 0.2) is 48.7 Å². The molecular weight excluding hydrogens is 510 g/mol. The molecule has 0 aliphatic carbocycles. The second-order valence-electron chi connectivity index (χ2n) is 8.49. The molecular formula is C24H23F4N7O3. The number of halogens is 4. The number of hydrogen-bond acceptors (Lipinski definition) is 8. The zero-order chi connectivity index (χ0) is 27.3. The molecule has 3 heterocycles. The van der Waals surface area contributed by atoms with Gasteiger partial charge in [0.05, 0.1) is 23.5 Å². The number of benzene rings is 1. The maximum atomic E-state index is 13.9. The van der Waals surface area contributed by atoms with E-state index in [1.807, 2.05) is 11.9 Å². The molecule has 10 nitrogen and oxygen atoms in total. The number of alkyl halides is 3. The monoisotopic (exact) mass is 533 g/mol. The van der Waals surface area contributed by atoms with E-state index in [1.165, 1.54) is 30.5 Å². The third-order valence-electron chi connectivity index (χ3n) is 5.65. The van der Waals surface area contributed by atoms with Crippen LogP contribution in [0.1, 0.15) is 10.4 Å². The zero-order valence-corrected chi connectivity index (χ0v) is 20.1. The van der Waals surface area contributed by atoms with Gasteiger partial charge in [-0.2, -0.15) is 4.39 Å². The van der Waals surface area contributed by atoms with Gasteiger partial charge in [-0.15, -0.1) is 23.4 Å². The number of carbonyl (C=O) groups excluding carboxylic acids is 2. The second-order valence-corrected chi connectivity index (χ2v) is 8.49. The number of pyridine rings is 1. The molecule has 200 valence electrons. The Hall–Kier alpha value is -4.17. The van der Waals surface area contributed by atoms with Gasteiger partial charge >= 0.3 is 6.36 Å². The van der Waals surface area contributed by atoms with Crippen molar-refractivity contribution in [3.05, 3.63) is 60.2 Å². The number of amides is 2. The van der Waals surface area contributed by atoms with Crippen LogP contribution in [-0.2, 0) is 4.79 Å². The Morgan fingerprint density at radius 3 is 2.45 bits per heavy atom. The van der Waals surface area contributed by atoms with Crippen molar-refractivity contribution in [1.29, 1.82) is 0 Å². The predicted octanol–water partition coefficient (Wildman–Crippen LogP) is 3.01. The molecule has 0 saturated carbocycles. The highest BCUT2D eigenvalue weighted by Crippen LogP contribution is 2.31. The first-order valence-corrected chi connectivity index (χ1v) is 11.4. The second kappa shape index (κ2) is 11.5. The summed E-state index contributed by atoms with van der Waals surface area (Å²) in [5.74, 6) is -2.67. The Kier molecular flexibility index (Phi) is 8.12. The molecule has 3 aromatic rings. The van der Waals surface area contributed by atoms with E-state index in [4.69, 9.17) is 0 Å². The molecule has 1 aliphatic rings. The molecule has 0 bridgehead atoms. The molecule has 2 amide bonds. The van der Waals surface area contributed by atoms with Gasteiger partial charge in [-0.05, 0) is 49.5 Å². The highest BCUT2D eigenvalue weighted by molar-refractivity contribution is 6.05. The van der Waals surface area contributed by atoms with Crippen molar-refractivity contribution < 1.29 is 31.9 Å². The summed E-state index contributed by atoms with van der Waals surface area (Å²) in [5.41, 5.74) is -0.0797. The number of likely N-dealkylation sites (N-methyl/N-ethyl adjacent to an activating group) is 1. The van der Waals surface area contributed by atoms with Gasteiger partial charge in [0.1, 0.15) is 0 Å². The van der Waals surface area contributed by atoms with Crippen molar-refractivity contribution in [3.63, 3.8) is 0 Å². The summed E-state index contributed by atoms with van der Waals surface area (Å²) in [7, 11) is 1.95. The molecule has 0 atom stereocenters. The molecule has 2 N–H and O–H groups in total. The summed E-state index contributed by atoms with van der Waals surface area (Å²) in [5, 5.41) is 12.6. The van der Waals surface area contributed by atoms with Gasteiger partial charge in [0.25, 0.3) is 5.91 Å². The Balaban J connectivity index is 1.48. The molecule has 0 unspecified atom stereocenters. The lowest BCUT2D eigenvalue weighted by Gasteiger charge is -2.31. The van der Waals surface area contributed by atoms with Gasteiger partial charge in [-0.25, -0.2) is 4.98 Å². The fraction of sp³-hybridized carbons (Fsp3) is 0.292. The number of carbonyl (C=O) groups is 2. The number of ether oxygens (including phenoxy) is 1. The Morgan fingerprint density at radius 2 is 1.79 bits per heavy atom. The largest absolute Gasteiger partial charge is 0.573 e. The molecule has 1 saturated heterocycles. The first kappa shape index (κ1) is 26.9. The van der Waals surface area contributed by atoms with Gasteiger partial charge in [0.15, 0.2) is 11.6 Å². The van der Waals surface area contributed by atoms with E-state index in [-0.39, 0.29) is 34.9 Å². The topological polar surface area (TPSA) is 113 Å². The van der Waals surface area contributed by atoms with Crippen LogP contribution < -0.4 is 15.4 Å². The summed E-state index contributed by atoms with van der Waals surface area (Å²) >= 11 is 0. The van der Waals surface area contributed by atoms with E-state index in [0.29, 0.717) is 13.1 Å². The van der Waals surface area contributed by atoms with Crippen molar-refractivity contribution >= 4 is 23.3 Å². The average Bonchev–Trinajstić information content (AvgIpc) is 2.86. The number of nitrogens with one attached hydrogen (secondary N) is 2. The van der Waals surface area contributed by atoms with Crippen molar-refractivity contribution in [2.45, 2.75) is 6.36 Å². The number of piperazine rings is 1. The van der Waals surface area contributed by atoms with Crippen LogP contribution in [0, 0.1) is 5.95 Å². The van der Waals surface area contributed by atoms with Gasteiger partial charge < -0.3 is 20.3 Å². The molecule has 14 heteroatoms. The normalized spacial score (nSPS) is 14.7. The summed E-state index contributed by atoms with van der Waals surface area (Å²) in [4.78, 5) is 32.8. The lowest BCUT2D eigenvalue weighted by Crippen LogP contribution is -2.47. The zero-order valence-electron chi connectivity index (χ0n) is 20.1. The Labute approximate surface area is 214 Å². The van der Waals surface area contributed by atoms with E-state index in [2.05, 4.69) is 35.5 Å². The molecule has 1 aliphatic heterocycles. The van der Waals surface area contributed by atoms with Crippen molar-refractivity contribution in [2.75, 3.05) is 50.4 Å². The van der Waals surface area contributed by atoms with E-state index >= 15 is 0 Å². The molecule has 0 radical (unpaired) electrons. The standard InChI is InChI=1S/C24H23F4N7O3/c1-34-9-11-35(12-10-34)14-21(36)30-18-13-15(4-6-19(18)38-24(26,27)28)23(37)31-20-7-5-17(32-33-20)16-3-2-8-29-22(16)25/h2-8,13H,9-12,14H2,1H3,(H,30,36)(H,31,33,37). The maximum Gasteiger partial charge on any atom is 0.573 e. The average molecular weight is 533 g/mol. The summed E-state index contributed by atoms with van der Waals surface area (Å²) in [6.07, 6.45) is -3.72. The van der Waals surface area contributed by atoms with Crippen LogP contribution in [0.3, 0.4) is 0 Å². The quantitative estimate of drug-likeness (QED) is 0.352. The number of aromatic nitrogens is 3. The van der Waals surface area contributed by atoms with Crippen LogP contribution >= 0.6 is 0 Å². The predicted molar refractivity (Wildman–Crippen MR) is 129 cm³/mol. The summed E-state index contributed by atoms with van der Waals surface area (Å²) < 4.78 is 56.7.